The quantitative estimate of drug-likeness (QED) is 0.736. The lowest BCUT2D eigenvalue weighted by Crippen LogP contribution is -2.42. The van der Waals surface area contributed by atoms with E-state index in [1.165, 1.54) is 0 Å². The molecule has 1 rings (SSSR count). The molecule has 1 aliphatic rings. The van der Waals surface area contributed by atoms with E-state index in [0.29, 0.717) is 5.92 Å². The van der Waals surface area contributed by atoms with Gasteiger partial charge in [-0.1, -0.05) is 26.7 Å². The van der Waals surface area contributed by atoms with Crippen LogP contribution in [0.5, 0.6) is 0 Å². The molecule has 1 saturated heterocycles. The van der Waals surface area contributed by atoms with Crippen molar-refractivity contribution >= 4 is 5.97 Å². The number of hydrogen-bond donors (Lipinski definition) is 2. The number of hydrogen-bond acceptors (Lipinski definition) is 2. The molecule has 0 atom stereocenters. The van der Waals surface area contributed by atoms with Crippen LogP contribution in [0.1, 0.15) is 46.0 Å². The predicted octanol–water partition coefficient (Wildman–Crippen LogP) is 2.27. The monoisotopic (exact) mass is 213 g/mol. The van der Waals surface area contributed by atoms with Crippen molar-refractivity contribution in [2.24, 2.45) is 11.3 Å². The molecule has 0 bridgehead atoms. The fourth-order valence-corrected chi connectivity index (χ4v) is 2.32. The summed E-state index contributed by atoms with van der Waals surface area (Å²) in [5.41, 5.74) is -0.430. The lowest BCUT2D eigenvalue weighted by atomic mass is 9.74. The van der Waals surface area contributed by atoms with Crippen LogP contribution in [0, 0.1) is 11.3 Å². The Morgan fingerprint density at radius 3 is 2.47 bits per heavy atom. The summed E-state index contributed by atoms with van der Waals surface area (Å²) in [5.74, 6) is 0.0883. The first kappa shape index (κ1) is 12.5. The second kappa shape index (κ2) is 5.50. The zero-order valence-electron chi connectivity index (χ0n) is 9.88. The Balaban J connectivity index is 2.46. The summed E-state index contributed by atoms with van der Waals surface area (Å²) in [6, 6.07) is 0. The lowest BCUT2D eigenvalue weighted by molar-refractivity contribution is -0.151. The van der Waals surface area contributed by atoms with Gasteiger partial charge in [0.1, 0.15) is 0 Å². The Hall–Kier alpha value is -0.570. The molecule has 0 saturated carbocycles. The van der Waals surface area contributed by atoms with Crippen molar-refractivity contribution in [1.82, 2.24) is 5.32 Å². The number of carbonyl (C=O) groups is 1. The van der Waals surface area contributed by atoms with Crippen LogP contribution in [-0.4, -0.2) is 24.2 Å². The molecular formula is C12H23NO2. The molecule has 15 heavy (non-hydrogen) atoms. The summed E-state index contributed by atoms with van der Waals surface area (Å²) in [4.78, 5) is 11.3. The van der Waals surface area contributed by atoms with Gasteiger partial charge in [0.15, 0.2) is 0 Å². The van der Waals surface area contributed by atoms with Gasteiger partial charge in [0.25, 0.3) is 0 Å². The molecule has 1 aliphatic heterocycles. The Morgan fingerprint density at radius 1 is 1.40 bits per heavy atom. The van der Waals surface area contributed by atoms with E-state index in [2.05, 4.69) is 19.2 Å². The van der Waals surface area contributed by atoms with Crippen LogP contribution in [0.3, 0.4) is 0 Å². The fraction of sp³-hybridized carbons (Fsp3) is 0.917. The highest BCUT2D eigenvalue weighted by Crippen LogP contribution is 2.35. The van der Waals surface area contributed by atoms with E-state index in [1.807, 2.05) is 0 Å². The number of aliphatic carboxylic acids is 1. The van der Waals surface area contributed by atoms with Crippen LogP contribution in [0.25, 0.3) is 0 Å². The summed E-state index contributed by atoms with van der Waals surface area (Å²) in [6.45, 7) is 6.09. The number of rotatable bonds is 5. The van der Waals surface area contributed by atoms with Crippen LogP contribution >= 0.6 is 0 Å². The third kappa shape index (κ3) is 3.49. The van der Waals surface area contributed by atoms with Gasteiger partial charge in [-0.2, -0.15) is 0 Å². The summed E-state index contributed by atoms with van der Waals surface area (Å²) in [6.07, 6.45) is 4.62. The summed E-state index contributed by atoms with van der Waals surface area (Å²) in [7, 11) is 0. The van der Waals surface area contributed by atoms with E-state index in [1.54, 1.807) is 0 Å². The Morgan fingerprint density at radius 2 is 2.00 bits per heavy atom. The molecule has 0 aromatic carbocycles. The maximum absolute atomic E-state index is 11.3. The van der Waals surface area contributed by atoms with Crippen molar-refractivity contribution in [3.8, 4) is 0 Å². The van der Waals surface area contributed by atoms with Gasteiger partial charge in [0, 0.05) is 0 Å². The van der Waals surface area contributed by atoms with Crippen LogP contribution < -0.4 is 5.32 Å². The fourth-order valence-electron chi connectivity index (χ4n) is 2.32. The van der Waals surface area contributed by atoms with Crippen molar-refractivity contribution < 1.29 is 9.90 Å². The molecule has 3 nitrogen and oxygen atoms in total. The number of carboxylic acid groups (broad SMARTS) is 1. The number of piperidine rings is 1. The van der Waals surface area contributed by atoms with Crippen LogP contribution in [0.15, 0.2) is 0 Å². The summed E-state index contributed by atoms with van der Waals surface area (Å²) >= 11 is 0. The molecule has 0 aliphatic carbocycles. The van der Waals surface area contributed by atoms with Gasteiger partial charge >= 0.3 is 5.97 Å². The highest BCUT2D eigenvalue weighted by Gasteiger charge is 2.38. The molecule has 0 radical (unpaired) electrons. The van der Waals surface area contributed by atoms with Gasteiger partial charge in [0.2, 0.25) is 0 Å². The zero-order chi connectivity index (χ0) is 11.3. The number of nitrogens with one attached hydrogen (secondary N) is 1. The average Bonchev–Trinajstić information content (AvgIpc) is 2.18. The Kier molecular flexibility index (Phi) is 4.58. The van der Waals surface area contributed by atoms with Crippen molar-refractivity contribution in [1.29, 1.82) is 0 Å². The molecule has 2 N–H and O–H groups in total. The molecule has 0 aromatic rings. The summed E-state index contributed by atoms with van der Waals surface area (Å²) in [5, 5.41) is 12.6. The second-order valence-electron chi connectivity index (χ2n) is 5.12. The van der Waals surface area contributed by atoms with Gasteiger partial charge in [-0.25, -0.2) is 0 Å². The molecule has 1 fully saturated rings. The van der Waals surface area contributed by atoms with Crippen LogP contribution in [0.4, 0.5) is 0 Å². The topological polar surface area (TPSA) is 49.3 Å². The highest BCUT2D eigenvalue weighted by atomic mass is 16.4. The largest absolute Gasteiger partial charge is 0.481 e. The van der Waals surface area contributed by atoms with E-state index in [0.717, 1.165) is 45.2 Å². The van der Waals surface area contributed by atoms with E-state index < -0.39 is 11.4 Å². The molecule has 0 aromatic heterocycles. The molecule has 3 heteroatoms. The van der Waals surface area contributed by atoms with Gasteiger partial charge in [-0.05, 0) is 38.3 Å². The molecule has 1 heterocycles. The average molecular weight is 213 g/mol. The number of carboxylic acids is 1. The van der Waals surface area contributed by atoms with E-state index in [4.69, 9.17) is 0 Å². The zero-order valence-corrected chi connectivity index (χ0v) is 9.88. The minimum Gasteiger partial charge on any atom is -0.481 e. The van der Waals surface area contributed by atoms with Crippen LogP contribution in [-0.2, 0) is 4.79 Å². The third-order valence-corrected chi connectivity index (χ3v) is 3.45. The summed E-state index contributed by atoms with van der Waals surface area (Å²) < 4.78 is 0. The van der Waals surface area contributed by atoms with Gasteiger partial charge in [0.05, 0.1) is 5.41 Å². The second-order valence-corrected chi connectivity index (χ2v) is 5.12. The highest BCUT2D eigenvalue weighted by molar-refractivity contribution is 5.74. The smallest absolute Gasteiger partial charge is 0.309 e. The van der Waals surface area contributed by atoms with Gasteiger partial charge in [-0.15, -0.1) is 0 Å². The van der Waals surface area contributed by atoms with Crippen molar-refractivity contribution in [2.45, 2.75) is 46.0 Å². The van der Waals surface area contributed by atoms with Gasteiger partial charge in [-0.3, -0.25) is 4.79 Å². The molecule has 88 valence electrons. The maximum Gasteiger partial charge on any atom is 0.309 e. The Labute approximate surface area is 92.3 Å². The van der Waals surface area contributed by atoms with Gasteiger partial charge < -0.3 is 10.4 Å². The SMILES string of the molecule is CC(C)CCCC1(C(=O)O)CCNCC1. The van der Waals surface area contributed by atoms with Crippen LogP contribution in [0.2, 0.25) is 0 Å². The third-order valence-electron chi connectivity index (χ3n) is 3.45. The van der Waals surface area contributed by atoms with Crippen molar-refractivity contribution in [2.75, 3.05) is 13.1 Å². The molecular weight excluding hydrogens is 190 g/mol. The van der Waals surface area contributed by atoms with E-state index in [-0.39, 0.29) is 0 Å². The predicted molar refractivity (Wildman–Crippen MR) is 60.9 cm³/mol. The van der Waals surface area contributed by atoms with Crippen molar-refractivity contribution in [3.63, 3.8) is 0 Å². The van der Waals surface area contributed by atoms with Crippen molar-refractivity contribution in [3.05, 3.63) is 0 Å². The maximum atomic E-state index is 11.3. The van der Waals surface area contributed by atoms with E-state index in [9.17, 15) is 9.90 Å². The molecule has 0 amide bonds. The first-order valence-electron chi connectivity index (χ1n) is 6.01. The normalized spacial score (nSPS) is 20.5. The molecule has 0 unspecified atom stereocenters. The minimum atomic E-state index is -0.590. The minimum absolute atomic E-state index is 0.430. The lowest BCUT2D eigenvalue weighted by Gasteiger charge is -2.33. The first-order valence-corrected chi connectivity index (χ1v) is 6.01. The first-order chi connectivity index (χ1) is 7.07. The van der Waals surface area contributed by atoms with E-state index >= 15 is 0 Å². The standard InChI is InChI=1S/C12H23NO2/c1-10(2)4-3-5-12(11(14)15)6-8-13-9-7-12/h10,13H,3-9H2,1-2H3,(H,14,15). The molecule has 0 spiro atoms. The Bertz CT molecular complexity index is 208.